The lowest BCUT2D eigenvalue weighted by atomic mass is 9.85. The molecule has 3 aromatic carbocycles. The Hall–Kier alpha value is -4.26. The molecule has 1 atom stereocenters. The van der Waals surface area contributed by atoms with Gasteiger partial charge in [-0.15, -0.1) is 0 Å². The number of carbonyl (C=O) groups excluding carboxylic acids is 2. The van der Waals surface area contributed by atoms with Gasteiger partial charge < -0.3 is 19.8 Å². The highest BCUT2D eigenvalue weighted by atomic mass is 16.5. The Morgan fingerprint density at radius 3 is 2.10 bits per heavy atom. The van der Waals surface area contributed by atoms with Gasteiger partial charge in [0.2, 0.25) is 0 Å². The van der Waals surface area contributed by atoms with Gasteiger partial charge in [-0.2, -0.15) is 0 Å². The molecule has 1 saturated heterocycles. The second kappa shape index (κ2) is 10.8. The number of Topliss-reactive ketones (excluding diaryl/α,β-unsaturated/α-hetero) is 1. The number of rotatable bonds is 7. The fourth-order valence-electron chi connectivity index (χ4n) is 4.99. The summed E-state index contributed by atoms with van der Waals surface area (Å²) in [5.74, 6) is -1.40. The third-order valence-electron chi connectivity index (χ3n) is 7.23. The quantitative estimate of drug-likeness (QED) is 0.217. The minimum atomic E-state index is -0.909. The van der Waals surface area contributed by atoms with Gasteiger partial charge in [0.25, 0.3) is 11.7 Å². The molecule has 0 bridgehead atoms. The summed E-state index contributed by atoms with van der Waals surface area (Å²) in [6.07, 6.45) is 0. The summed E-state index contributed by atoms with van der Waals surface area (Å²) in [6, 6.07) is 18.3. The molecule has 0 saturated carbocycles. The number of aliphatic hydroxyl groups is 1. The SMILES string of the molecule is CCN(CC)c1ccc(N2C(=O)C(=O)/C(=C(/O)c3cc(C(C)(C)C)ccc3OC)C2c2ccc(O)cc2)cc1. The molecule has 39 heavy (non-hydrogen) atoms. The first-order valence-electron chi connectivity index (χ1n) is 13.2. The van der Waals surface area contributed by atoms with Crippen LogP contribution in [0.25, 0.3) is 5.76 Å². The summed E-state index contributed by atoms with van der Waals surface area (Å²) in [7, 11) is 1.50. The zero-order valence-electron chi connectivity index (χ0n) is 23.4. The topological polar surface area (TPSA) is 90.3 Å². The highest BCUT2D eigenvalue weighted by molar-refractivity contribution is 6.51. The van der Waals surface area contributed by atoms with E-state index in [-0.39, 0.29) is 22.5 Å². The number of methoxy groups -OCH3 is 1. The van der Waals surface area contributed by atoms with Gasteiger partial charge in [0.1, 0.15) is 17.3 Å². The highest BCUT2D eigenvalue weighted by Crippen LogP contribution is 2.44. The van der Waals surface area contributed by atoms with E-state index >= 15 is 0 Å². The molecule has 0 aromatic heterocycles. The number of ether oxygens (including phenoxy) is 1. The van der Waals surface area contributed by atoms with Crippen LogP contribution in [0.5, 0.6) is 11.5 Å². The average molecular weight is 529 g/mol. The minimum absolute atomic E-state index is 0.0390. The van der Waals surface area contributed by atoms with Crippen LogP contribution >= 0.6 is 0 Å². The zero-order chi connectivity index (χ0) is 28.5. The van der Waals surface area contributed by atoms with E-state index in [0.29, 0.717) is 22.6 Å². The standard InChI is InChI=1S/C32H36N2O5/c1-7-33(8-2)22-12-14-23(15-13-22)34-28(20-9-16-24(35)17-10-20)27(30(37)31(34)38)29(36)25-19-21(32(3,4)5)11-18-26(25)39-6/h9-19,28,35-36H,7-8H2,1-6H3/b29-27+. The number of ketones is 1. The van der Waals surface area contributed by atoms with E-state index in [4.69, 9.17) is 4.74 Å². The van der Waals surface area contributed by atoms with Crippen LogP contribution in [0.3, 0.4) is 0 Å². The summed E-state index contributed by atoms with van der Waals surface area (Å²) >= 11 is 0. The molecule has 2 N–H and O–H groups in total. The summed E-state index contributed by atoms with van der Waals surface area (Å²) < 4.78 is 5.54. The van der Waals surface area contributed by atoms with E-state index < -0.39 is 17.7 Å². The van der Waals surface area contributed by atoms with Gasteiger partial charge in [0, 0.05) is 24.5 Å². The second-order valence-corrected chi connectivity index (χ2v) is 10.6. The third-order valence-corrected chi connectivity index (χ3v) is 7.23. The summed E-state index contributed by atoms with van der Waals surface area (Å²) in [5, 5.41) is 21.6. The molecule has 1 heterocycles. The molecule has 1 aliphatic rings. The molecular formula is C32H36N2O5. The Bertz CT molecular complexity index is 1400. The van der Waals surface area contributed by atoms with Crippen molar-refractivity contribution in [3.8, 4) is 11.5 Å². The van der Waals surface area contributed by atoms with Crippen LogP contribution in [0.2, 0.25) is 0 Å². The summed E-state index contributed by atoms with van der Waals surface area (Å²) in [5.41, 5.74) is 3.12. The first-order valence-corrected chi connectivity index (χ1v) is 13.2. The largest absolute Gasteiger partial charge is 0.508 e. The van der Waals surface area contributed by atoms with E-state index in [9.17, 15) is 19.8 Å². The van der Waals surface area contributed by atoms with Gasteiger partial charge in [0.15, 0.2) is 0 Å². The summed E-state index contributed by atoms with van der Waals surface area (Å²) in [4.78, 5) is 30.7. The highest BCUT2D eigenvalue weighted by Gasteiger charge is 2.47. The lowest BCUT2D eigenvalue weighted by molar-refractivity contribution is -0.132. The molecule has 7 nitrogen and oxygen atoms in total. The molecule has 204 valence electrons. The van der Waals surface area contributed by atoms with Crippen LogP contribution < -0.4 is 14.5 Å². The molecule has 0 radical (unpaired) electrons. The van der Waals surface area contributed by atoms with Gasteiger partial charge in [0.05, 0.1) is 24.3 Å². The van der Waals surface area contributed by atoms with E-state index in [0.717, 1.165) is 24.3 Å². The normalized spacial score (nSPS) is 17.0. The maximum absolute atomic E-state index is 13.6. The number of aliphatic hydroxyl groups excluding tert-OH is 1. The second-order valence-electron chi connectivity index (χ2n) is 10.6. The van der Waals surface area contributed by atoms with Gasteiger partial charge in [-0.05, 0) is 78.9 Å². The third kappa shape index (κ3) is 5.21. The van der Waals surface area contributed by atoms with Crippen molar-refractivity contribution in [1.29, 1.82) is 0 Å². The Morgan fingerprint density at radius 1 is 0.949 bits per heavy atom. The first-order chi connectivity index (χ1) is 18.5. The number of hydrogen-bond acceptors (Lipinski definition) is 6. The van der Waals surface area contributed by atoms with Crippen LogP contribution in [0, 0.1) is 0 Å². The Balaban J connectivity index is 1.93. The molecule has 3 aromatic rings. The fourth-order valence-corrected chi connectivity index (χ4v) is 4.99. The van der Waals surface area contributed by atoms with E-state index in [2.05, 4.69) is 39.5 Å². The van der Waals surface area contributed by atoms with Crippen LogP contribution in [0.4, 0.5) is 11.4 Å². The Labute approximate surface area is 230 Å². The predicted octanol–water partition coefficient (Wildman–Crippen LogP) is 6.17. The first kappa shape index (κ1) is 27.8. The zero-order valence-corrected chi connectivity index (χ0v) is 23.4. The number of carbonyl (C=O) groups is 2. The van der Waals surface area contributed by atoms with Crippen LogP contribution in [-0.4, -0.2) is 42.1 Å². The van der Waals surface area contributed by atoms with Crippen molar-refractivity contribution in [3.05, 3.63) is 89.0 Å². The molecule has 4 rings (SSSR count). The van der Waals surface area contributed by atoms with E-state index in [1.807, 2.05) is 30.3 Å². The fraction of sp³-hybridized carbons (Fsp3) is 0.312. The number of aromatic hydroxyl groups is 1. The van der Waals surface area contributed by atoms with Crippen molar-refractivity contribution < 1.29 is 24.5 Å². The van der Waals surface area contributed by atoms with Gasteiger partial charge in [-0.3, -0.25) is 14.5 Å². The molecule has 1 amide bonds. The number of hydrogen-bond donors (Lipinski definition) is 2. The Morgan fingerprint density at radius 2 is 1.56 bits per heavy atom. The van der Waals surface area contributed by atoms with Crippen LogP contribution in [0.1, 0.15) is 57.4 Å². The molecule has 1 aliphatic heterocycles. The van der Waals surface area contributed by atoms with Crippen LogP contribution in [-0.2, 0) is 15.0 Å². The Kier molecular flexibility index (Phi) is 7.72. The van der Waals surface area contributed by atoms with E-state index in [1.54, 1.807) is 24.3 Å². The van der Waals surface area contributed by atoms with Crippen LogP contribution in [0.15, 0.2) is 72.3 Å². The van der Waals surface area contributed by atoms with Gasteiger partial charge in [-0.1, -0.05) is 39.0 Å². The summed E-state index contributed by atoms with van der Waals surface area (Å²) in [6.45, 7) is 12.0. The van der Waals surface area contributed by atoms with Crippen molar-refractivity contribution in [2.45, 2.75) is 46.1 Å². The van der Waals surface area contributed by atoms with Crippen molar-refractivity contribution in [3.63, 3.8) is 0 Å². The van der Waals surface area contributed by atoms with Crippen molar-refractivity contribution >= 4 is 28.8 Å². The maximum atomic E-state index is 13.6. The monoisotopic (exact) mass is 528 g/mol. The average Bonchev–Trinajstić information content (AvgIpc) is 3.19. The molecule has 0 spiro atoms. The number of benzene rings is 3. The maximum Gasteiger partial charge on any atom is 0.300 e. The predicted molar refractivity (Wildman–Crippen MR) is 155 cm³/mol. The van der Waals surface area contributed by atoms with Gasteiger partial charge >= 0.3 is 0 Å². The van der Waals surface area contributed by atoms with Crippen molar-refractivity contribution in [2.75, 3.05) is 30.0 Å². The van der Waals surface area contributed by atoms with E-state index in [1.165, 1.54) is 24.1 Å². The molecule has 1 unspecified atom stereocenters. The number of phenolic OH excluding ortho intramolecular Hbond substituents is 1. The van der Waals surface area contributed by atoms with Gasteiger partial charge in [-0.25, -0.2) is 0 Å². The number of phenols is 1. The molecule has 0 aliphatic carbocycles. The number of nitrogens with zero attached hydrogens (tertiary/aromatic N) is 2. The number of amides is 1. The smallest absolute Gasteiger partial charge is 0.300 e. The minimum Gasteiger partial charge on any atom is -0.508 e. The van der Waals surface area contributed by atoms with Crippen molar-refractivity contribution in [2.24, 2.45) is 0 Å². The molecule has 7 heteroatoms. The molecule has 1 fully saturated rings. The number of anilines is 2. The van der Waals surface area contributed by atoms with Crippen molar-refractivity contribution in [1.82, 2.24) is 0 Å². The molecular weight excluding hydrogens is 492 g/mol. The lowest BCUT2D eigenvalue weighted by Gasteiger charge is -2.27. The lowest BCUT2D eigenvalue weighted by Crippen LogP contribution is -2.29.